The second-order valence-corrected chi connectivity index (χ2v) is 3.87. The van der Waals surface area contributed by atoms with Crippen molar-refractivity contribution in [2.24, 2.45) is 11.7 Å². The molecule has 0 aromatic heterocycles. The Morgan fingerprint density at radius 3 is 1.82 bits per heavy atom. The minimum atomic E-state index is -4.86. The normalized spacial score (nSPS) is 18.4. The van der Waals surface area contributed by atoms with E-state index in [1.165, 1.54) is 0 Å². The number of carbonyl (C=O) groups excluding carboxylic acids is 1. The summed E-state index contributed by atoms with van der Waals surface area (Å²) in [6, 6.07) is 0. The SMILES string of the molecule is NN.O=C(OC1CCCCCCC1)C(F)(F)F. The summed E-state index contributed by atoms with van der Waals surface area (Å²) in [7, 11) is 0. The Balaban J connectivity index is 0.00000121. The predicted molar refractivity (Wildman–Crippen MR) is 56.6 cm³/mol. The number of halogens is 3. The van der Waals surface area contributed by atoms with Crippen molar-refractivity contribution in [2.45, 2.75) is 57.2 Å². The molecular formula is C10H19F3N2O2. The van der Waals surface area contributed by atoms with Gasteiger partial charge in [-0.1, -0.05) is 19.3 Å². The molecule has 1 aliphatic rings. The van der Waals surface area contributed by atoms with E-state index in [1.807, 2.05) is 0 Å². The van der Waals surface area contributed by atoms with Crippen molar-refractivity contribution in [3.05, 3.63) is 0 Å². The molecular weight excluding hydrogens is 237 g/mol. The van der Waals surface area contributed by atoms with Gasteiger partial charge in [-0.05, 0) is 25.7 Å². The molecule has 0 atom stereocenters. The lowest BCUT2D eigenvalue weighted by molar-refractivity contribution is -0.205. The van der Waals surface area contributed by atoms with Gasteiger partial charge in [-0.3, -0.25) is 11.7 Å². The first-order valence-corrected chi connectivity index (χ1v) is 5.61. The average molecular weight is 256 g/mol. The minimum absolute atomic E-state index is 0.542. The van der Waals surface area contributed by atoms with Crippen LogP contribution in [0.15, 0.2) is 0 Å². The van der Waals surface area contributed by atoms with Crippen molar-refractivity contribution in [2.75, 3.05) is 0 Å². The molecule has 1 rings (SSSR count). The summed E-state index contributed by atoms with van der Waals surface area (Å²) >= 11 is 0. The van der Waals surface area contributed by atoms with Crippen LogP contribution in [0.5, 0.6) is 0 Å². The number of hydrazine groups is 1. The van der Waals surface area contributed by atoms with Gasteiger partial charge in [0.2, 0.25) is 0 Å². The molecule has 4 nitrogen and oxygen atoms in total. The first-order chi connectivity index (χ1) is 8.00. The van der Waals surface area contributed by atoms with Crippen molar-refractivity contribution in [3.8, 4) is 0 Å². The van der Waals surface area contributed by atoms with Gasteiger partial charge in [0, 0.05) is 0 Å². The summed E-state index contributed by atoms with van der Waals surface area (Å²) in [6.45, 7) is 0. The molecule has 0 aliphatic heterocycles. The zero-order chi connectivity index (χ0) is 13.3. The van der Waals surface area contributed by atoms with Crippen molar-refractivity contribution >= 4 is 5.97 Å². The van der Waals surface area contributed by atoms with Gasteiger partial charge in [0.1, 0.15) is 6.10 Å². The lowest BCUT2D eigenvalue weighted by Crippen LogP contribution is -2.30. The van der Waals surface area contributed by atoms with Crippen molar-refractivity contribution in [1.29, 1.82) is 0 Å². The standard InChI is InChI=1S/C10H15F3O2.H4N2/c11-10(12,13)9(14)15-8-6-4-2-1-3-5-7-8;1-2/h8H,1-7H2;1-2H2. The number of alkyl halides is 3. The molecule has 0 aromatic rings. The van der Waals surface area contributed by atoms with E-state index in [0.717, 1.165) is 32.1 Å². The molecule has 0 spiro atoms. The highest BCUT2D eigenvalue weighted by molar-refractivity contribution is 5.75. The highest BCUT2D eigenvalue weighted by Gasteiger charge is 2.42. The monoisotopic (exact) mass is 256 g/mol. The third kappa shape index (κ3) is 7.17. The maximum Gasteiger partial charge on any atom is 0.490 e. The maximum atomic E-state index is 11.9. The van der Waals surface area contributed by atoms with Crippen LogP contribution in [0.4, 0.5) is 13.2 Å². The molecule has 17 heavy (non-hydrogen) atoms. The topological polar surface area (TPSA) is 78.3 Å². The van der Waals surface area contributed by atoms with Gasteiger partial charge in [-0.2, -0.15) is 13.2 Å². The minimum Gasteiger partial charge on any atom is -0.456 e. The zero-order valence-electron chi connectivity index (χ0n) is 9.63. The Kier molecular flexibility index (Phi) is 7.90. The van der Waals surface area contributed by atoms with Gasteiger partial charge in [0.25, 0.3) is 0 Å². The fraction of sp³-hybridized carbons (Fsp3) is 0.900. The molecule has 0 aromatic carbocycles. The van der Waals surface area contributed by atoms with E-state index >= 15 is 0 Å². The Morgan fingerprint density at radius 1 is 1.00 bits per heavy atom. The van der Waals surface area contributed by atoms with Crippen molar-refractivity contribution < 1.29 is 22.7 Å². The molecule has 0 heterocycles. The molecule has 0 unspecified atom stereocenters. The molecule has 0 bridgehead atoms. The van der Waals surface area contributed by atoms with Crippen LogP contribution in [-0.2, 0) is 9.53 Å². The lowest BCUT2D eigenvalue weighted by Gasteiger charge is -2.20. The second kappa shape index (κ2) is 8.30. The van der Waals surface area contributed by atoms with E-state index in [4.69, 9.17) is 0 Å². The number of rotatable bonds is 1. The molecule has 0 radical (unpaired) electrons. The van der Waals surface area contributed by atoms with Crippen LogP contribution >= 0.6 is 0 Å². The molecule has 1 aliphatic carbocycles. The fourth-order valence-corrected chi connectivity index (χ4v) is 1.75. The van der Waals surface area contributed by atoms with Crippen LogP contribution < -0.4 is 11.7 Å². The number of nitrogens with two attached hydrogens (primary N) is 2. The number of hydrogen-bond acceptors (Lipinski definition) is 4. The van der Waals surface area contributed by atoms with Gasteiger partial charge in [-0.15, -0.1) is 0 Å². The molecule has 1 saturated carbocycles. The van der Waals surface area contributed by atoms with Crippen molar-refractivity contribution in [1.82, 2.24) is 0 Å². The molecule has 7 heteroatoms. The summed E-state index contributed by atoms with van der Waals surface area (Å²) in [5.74, 6) is 5.95. The third-order valence-electron chi connectivity index (χ3n) is 2.56. The largest absolute Gasteiger partial charge is 0.490 e. The van der Waals surface area contributed by atoms with Crippen LogP contribution in [0.3, 0.4) is 0 Å². The Hall–Kier alpha value is -0.820. The van der Waals surface area contributed by atoms with Crippen LogP contribution in [0, 0.1) is 0 Å². The Bertz CT molecular complexity index is 214. The van der Waals surface area contributed by atoms with Crippen LogP contribution in [0.1, 0.15) is 44.9 Å². The lowest BCUT2D eigenvalue weighted by atomic mass is 9.99. The van der Waals surface area contributed by atoms with E-state index in [2.05, 4.69) is 16.4 Å². The van der Waals surface area contributed by atoms with Gasteiger partial charge < -0.3 is 4.74 Å². The smallest absolute Gasteiger partial charge is 0.456 e. The number of carbonyl (C=O) groups is 1. The highest BCUT2D eigenvalue weighted by atomic mass is 19.4. The van der Waals surface area contributed by atoms with Gasteiger partial charge >= 0.3 is 12.1 Å². The van der Waals surface area contributed by atoms with E-state index in [0.29, 0.717) is 12.8 Å². The zero-order valence-corrected chi connectivity index (χ0v) is 9.63. The molecule has 0 saturated heterocycles. The Labute approximate surface area is 98.4 Å². The predicted octanol–water partition coefficient (Wildman–Crippen LogP) is 2.02. The molecule has 0 amide bonds. The summed E-state index contributed by atoms with van der Waals surface area (Å²) in [4.78, 5) is 10.6. The maximum absolute atomic E-state index is 11.9. The summed E-state index contributed by atoms with van der Waals surface area (Å²) in [5, 5.41) is 0. The van der Waals surface area contributed by atoms with Crippen LogP contribution in [-0.4, -0.2) is 18.2 Å². The van der Waals surface area contributed by atoms with E-state index < -0.39 is 18.2 Å². The molecule has 1 fully saturated rings. The summed E-state index contributed by atoms with van der Waals surface area (Å²) in [5.41, 5.74) is 0. The van der Waals surface area contributed by atoms with E-state index in [1.54, 1.807) is 0 Å². The van der Waals surface area contributed by atoms with Gasteiger partial charge in [0.05, 0.1) is 0 Å². The molecule has 4 N–H and O–H groups in total. The Morgan fingerprint density at radius 2 is 1.41 bits per heavy atom. The number of ether oxygens (including phenoxy) is 1. The first kappa shape index (κ1) is 16.2. The third-order valence-corrected chi connectivity index (χ3v) is 2.56. The highest BCUT2D eigenvalue weighted by Crippen LogP contribution is 2.23. The summed E-state index contributed by atoms with van der Waals surface area (Å²) in [6.07, 6.45) is 0.553. The van der Waals surface area contributed by atoms with Crippen LogP contribution in [0.25, 0.3) is 0 Å². The van der Waals surface area contributed by atoms with Crippen molar-refractivity contribution in [3.63, 3.8) is 0 Å². The fourth-order valence-electron chi connectivity index (χ4n) is 1.75. The van der Waals surface area contributed by atoms with Gasteiger partial charge in [-0.25, -0.2) is 4.79 Å². The van der Waals surface area contributed by atoms with Gasteiger partial charge in [0.15, 0.2) is 0 Å². The first-order valence-electron chi connectivity index (χ1n) is 5.61. The van der Waals surface area contributed by atoms with Crippen LogP contribution in [0.2, 0.25) is 0 Å². The average Bonchev–Trinajstić information content (AvgIpc) is 2.23. The van der Waals surface area contributed by atoms with E-state index in [9.17, 15) is 18.0 Å². The quantitative estimate of drug-likeness (QED) is 0.427. The number of esters is 1. The summed E-state index contributed by atoms with van der Waals surface area (Å²) < 4.78 is 40.2. The van der Waals surface area contributed by atoms with E-state index in [-0.39, 0.29) is 0 Å². The second-order valence-electron chi connectivity index (χ2n) is 3.87. The molecule has 102 valence electrons. The number of hydrogen-bond donors (Lipinski definition) is 2.